The molecule has 0 bridgehead atoms. The Hall–Kier alpha value is -1.84. The van der Waals surface area contributed by atoms with Crippen LogP contribution in [0.1, 0.15) is 57.2 Å². The maximum atomic E-state index is 11.4. The van der Waals surface area contributed by atoms with Crippen LogP contribution in [0.3, 0.4) is 0 Å². The SMILES string of the molecule is CC(C)CCn1c(C(C)(C)C)nc2c(C(=O)O)cccc21. The molecule has 1 aromatic heterocycles. The lowest BCUT2D eigenvalue weighted by Crippen LogP contribution is -2.19. The summed E-state index contributed by atoms with van der Waals surface area (Å²) in [5.74, 6) is 0.624. The highest BCUT2D eigenvalue weighted by atomic mass is 16.4. The highest BCUT2D eigenvalue weighted by Gasteiger charge is 2.24. The predicted octanol–water partition coefficient (Wildman–Crippen LogP) is 4.08. The molecule has 0 aliphatic carbocycles. The first kappa shape index (κ1) is 15.5. The number of fused-ring (bicyclic) bond motifs is 1. The van der Waals surface area contributed by atoms with Gasteiger partial charge in [-0.1, -0.05) is 40.7 Å². The highest BCUT2D eigenvalue weighted by Crippen LogP contribution is 2.28. The maximum Gasteiger partial charge on any atom is 0.337 e. The normalized spacial score (nSPS) is 12.3. The summed E-state index contributed by atoms with van der Waals surface area (Å²) in [6.07, 6.45) is 1.05. The third kappa shape index (κ3) is 3.09. The van der Waals surface area contributed by atoms with Gasteiger partial charge in [0.05, 0.1) is 11.1 Å². The first-order valence-electron chi connectivity index (χ1n) is 7.45. The molecule has 0 aliphatic rings. The number of carboxylic acids is 1. The molecule has 2 rings (SSSR count). The first-order valence-corrected chi connectivity index (χ1v) is 7.45. The van der Waals surface area contributed by atoms with Crippen LogP contribution in [0.2, 0.25) is 0 Å². The lowest BCUT2D eigenvalue weighted by atomic mass is 9.95. The van der Waals surface area contributed by atoms with Gasteiger partial charge in [-0.05, 0) is 24.5 Å². The zero-order valence-corrected chi connectivity index (χ0v) is 13.5. The number of imidazole rings is 1. The summed E-state index contributed by atoms with van der Waals surface area (Å²) in [4.78, 5) is 16.1. The van der Waals surface area contributed by atoms with Crippen molar-refractivity contribution in [1.82, 2.24) is 9.55 Å². The van der Waals surface area contributed by atoms with E-state index in [1.807, 2.05) is 6.07 Å². The third-order valence-electron chi connectivity index (χ3n) is 3.61. The van der Waals surface area contributed by atoms with Crippen molar-refractivity contribution < 1.29 is 9.90 Å². The molecule has 0 spiro atoms. The van der Waals surface area contributed by atoms with Crippen molar-refractivity contribution in [3.63, 3.8) is 0 Å². The van der Waals surface area contributed by atoms with Crippen LogP contribution in [0.5, 0.6) is 0 Å². The number of aromatic nitrogens is 2. The van der Waals surface area contributed by atoms with Gasteiger partial charge in [0.25, 0.3) is 0 Å². The molecule has 0 radical (unpaired) electrons. The Morgan fingerprint density at radius 3 is 2.52 bits per heavy atom. The largest absolute Gasteiger partial charge is 0.478 e. The summed E-state index contributed by atoms with van der Waals surface area (Å²) < 4.78 is 2.18. The molecule has 0 atom stereocenters. The Labute approximate surface area is 125 Å². The number of carboxylic acid groups (broad SMARTS) is 1. The zero-order chi connectivity index (χ0) is 15.8. The third-order valence-corrected chi connectivity index (χ3v) is 3.61. The quantitative estimate of drug-likeness (QED) is 0.922. The molecule has 21 heavy (non-hydrogen) atoms. The number of hydrogen-bond donors (Lipinski definition) is 1. The van der Waals surface area contributed by atoms with Crippen LogP contribution >= 0.6 is 0 Å². The number of benzene rings is 1. The Morgan fingerprint density at radius 1 is 1.33 bits per heavy atom. The second kappa shape index (κ2) is 5.51. The van der Waals surface area contributed by atoms with Gasteiger partial charge in [0, 0.05) is 12.0 Å². The zero-order valence-electron chi connectivity index (χ0n) is 13.5. The van der Waals surface area contributed by atoms with E-state index >= 15 is 0 Å². The molecule has 1 aromatic carbocycles. The van der Waals surface area contributed by atoms with Crippen LogP contribution in [-0.2, 0) is 12.0 Å². The highest BCUT2D eigenvalue weighted by molar-refractivity contribution is 6.01. The molecule has 0 amide bonds. The van der Waals surface area contributed by atoms with E-state index in [0.29, 0.717) is 11.4 Å². The molecule has 4 heteroatoms. The number of carbonyl (C=O) groups is 1. The van der Waals surface area contributed by atoms with Gasteiger partial charge >= 0.3 is 5.97 Å². The number of hydrogen-bond acceptors (Lipinski definition) is 2. The lowest BCUT2D eigenvalue weighted by Gasteiger charge is -2.20. The van der Waals surface area contributed by atoms with Crippen molar-refractivity contribution in [3.8, 4) is 0 Å². The van der Waals surface area contributed by atoms with Gasteiger partial charge in [0.2, 0.25) is 0 Å². The van der Waals surface area contributed by atoms with E-state index < -0.39 is 5.97 Å². The molecule has 0 fully saturated rings. The van der Waals surface area contributed by atoms with Crippen LogP contribution in [0.15, 0.2) is 18.2 Å². The lowest BCUT2D eigenvalue weighted by molar-refractivity contribution is 0.0699. The van der Waals surface area contributed by atoms with E-state index in [1.165, 1.54) is 0 Å². The molecule has 4 nitrogen and oxygen atoms in total. The number of aromatic carboxylic acids is 1. The number of rotatable bonds is 4. The van der Waals surface area contributed by atoms with Crippen LogP contribution in [0, 0.1) is 5.92 Å². The molecule has 0 aliphatic heterocycles. The molecule has 0 unspecified atom stereocenters. The molecule has 0 saturated carbocycles. The van der Waals surface area contributed by atoms with E-state index in [4.69, 9.17) is 0 Å². The number of para-hydroxylation sites is 1. The fraction of sp³-hybridized carbons (Fsp3) is 0.529. The van der Waals surface area contributed by atoms with E-state index in [0.717, 1.165) is 24.3 Å². The molecule has 1 N–H and O–H groups in total. The van der Waals surface area contributed by atoms with Crippen LogP contribution in [0.4, 0.5) is 0 Å². The smallest absolute Gasteiger partial charge is 0.337 e. The van der Waals surface area contributed by atoms with Crippen LogP contribution in [0.25, 0.3) is 11.0 Å². The fourth-order valence-corrected chi connectivity index (χ4v) is 2.51. The minimum Gasteiger partial charge on any atom is -0.478 e. The van der Waals surface area contributed by atoms with Gasteiger partial charge in [0.15, 0.2) is 0 Å². The van der Waals surface area contributed by atoms with Crippen molar-refractivity contribution in [1.29, 1.82) is 0 Å². The minimum absolute atomic E-state index is 0.119. The maximum absolute atomic E-state index is 11.4. The van der Waals surface area contributed by atoms with E-state index in [2.05, 4.69) is 44.2 Å². The minimum atomic E-state index is -0.922. The summed E-state index contributed by atoms with van der Waals surface area (Å²) >= 11 is 0. The topological polar surface area (TPSA) is 55.1 Å². The summed E-state index contributed by atoms with van der Waals surface area (Å²) in [6.45, 7) is 11.6. The second-order valence-electron chi connectivity index (χ2n) is 7.00. The predicted molar refractivity (Wildman–Crippen MR) is 84.8 cm³/mol. The Kier molecular flexibility index (Phi) is 4.08. The molecular weight excluding hydrogens is 264 g/mol. The van der Waals surface area contributed by atoms with Gasteiger partial charge in [-0.2, -0.15) is 0 Å². The van der Waals surface area contributed by atoms with Crippen molar-refractivity contribution in [2.45, 2.75) is 53.0 Å². The molecule has 1 heterocycles. The molecule has 114 valence electrons. The van der Waals surface area contributed by atoms with Crippen molar-refractivity contribution in [2.24, 2.45) is 5.92 Å². The van der Waals surface area contributed by atoms with E-state index in [-0.39, 0.29) is 11.0 Å². The monoisotopic (exact) mass is 288 g/mol. The van der Waals surface area contributed by atoms with E-state index in [9.17, 15) is 9.90 Å². The fourth-order valence-electron chi connectivity index (χ4n) is 2.51. The summed E-state index contributed by atoms with van der Waals surface area (Å²) in [5, 5.41) is 9.35. The van der Waals surface area contributed by atoms with Crippen LogP contribution in [-0.4, -0.2) is 20.6 Å². The van der Waals surface area contributed by atoms with Gasteiger partial charge in [-0.15, -0.1) is 0 Å². The molecule has 2 aromatic rings. The van der Waals surface area contributed by atoms with Crippen molar-refractivity contribution in [2.75, 3.05) is 0 Å². The van der Waals surface area contributed by atoms with Crippen molar-refractivity contribution >= 4 is 17.0 Å². The van der Waals surface area contributed by atoms with Gasteiger partial charge in [-0.25, -0.2) is 9.78 Å². The average Bonchev–Trinajstić information content (AvgIpc) is 2.74. The summed E-state index contributed by atoms with van der Waals surface area (Å²) in [6, 6.07) is 5.38. The Bertz CT molecular complexity index is 663. The first-order chi connectivity index (χ1) is 9.71. The number of aryl methyl sites for hydroxylation is 1. The summed E-state index contributed by atoms with van der Waals surface area (Å²) in [5.41, 5.74) is 1.67. The van der Waals surface area contributed by atoms with Gasteiger partial charge < -0.3 is 9.67 Å². The van der Waals surface area contributed by atoms with Gasteiger partial charge in [-0.3, -0.25) is 0 Å². The van der Waals surface area contributed by atoms with Crippen LogP contribution < -0.4 is 0 Å². The standard InChI is InChI=1S/C17H24N2O2/c1-11(2)9-10-19-13-8-6-7-12(15(20)21)14(13)18-16(19)17(3,4)5/h6-8,11H,9-10H2,1-5H3,(H,20,21). The second-order valence-corrected chi connectivity index (χ2v) is 7.00. The number of nitrogens with zero attached hydrogens (tertiary/aromatic N) is 2. The Balaban J connectivity index is 2.67. The van der Waals surface area contributed by atoms with Crippen molar-refractivity contribution in [3.05, 3.63) is 29.6 Å². The molecular formula is C17H24N2O2. The van der Waals surface area contributed by atoms with E-state index in [1.54, 1.807) is 12.1 Å². The average molecular weight is 288 g/mol. The molecule has 0 saturated heterocycles. The Morgan fingerprint density at radius 2 is 2.00 bits per heavy atom. The summed E-state index contributed by atoms with van der Waals surface area (Å²) in [7, 11) is 0. The van der Waals surface area contributed by atoms with Gasteiger partial charge in [0.1, 0.15) is 11.3 Å².